The quantitative estimate of drug-likeness (QED) is 0.710. The van der Waals surface area contributed by atoms with Crippen LogP contribution in [0.25, 0.3) is 0 Å². The zero-order chi connectivity index (χ0) is 12.1. The van der Waals surface area contributed by atoms with Crippen LogP contribution >= 0.6 is 0 Å². The molecule has 2 atom stereocenters. The molecule has 1 N–H and O–H groups in total. The summed E-state index contributed by atoms with van der Waals surface area (Å²) in [6.07, 6.45) is -0.157. The lowest BCUT2D eigenvalue weighted by Gasteiger charge is -2.37. The molecule has 0 radical (unpaired) electrons. The van der Waals surface area contributed by atoms with Gasteiger partial charge in [0.2, 0.25) is 5.91 Å². The Hall–Kier alpha value is -0.650. The molecular weight excluding hydrogens is 208 g/mol. The Kier molecular flexibility index (Phi) is 5.18. The maximum absolute atomic E-state index is 11.8. The first-order chi connectivity index (χ1) is 7.58. The van der Waals surface area contributed by atoms with Crippen molar-refractivity contribution in [3.63, 3.8) is 0 Å². The summed E-state index contributed by atoms with van der Waals surface area (Å²) in [5.74, 6) is 0.118. The predicted octanol–water partition coefficient (Wildman–Crippen LogP) is -0.454. The van der Waals surface area contributed by atoms with Gasteiger partial charge in [-0.25, -0.2) is 0 Å². The molecule has 5 heteroatoms. The second kappa shape index (κ2) is 6.18. The Balaban J connectivity index is 2.47. The fourth-order valence-electron chi connectivity index (χ4n) is 1.68. The molecule has 5 nitrogen and oxygen atoms in total. The molecule has 1 heterocycles. The number of nitrogens with zero attached hydrogens (tertiary/aromatic N) is 2. The van der Waals surface area contributed by atoms with Gasteiger partial charge in [-0.3, -0.25) is 9.69 Å². The second-order valence-electron chi connectivity index (χ2n) is 4.32. The van der Waals surface area contributed by atoms with Crippen LogP contribution < -0.4 is 0 Å². The van der Waals surface area contributed by atoms with Crippen LogP contribution in [0.4, 0.5) is 0 Å². The summed E-state index contributed by atoms with van der Waals surface area (Å²) >= 11 is 0. The molecule has 0 aromatic rings. The van der Waals surface area contributed by atoms with Gasteiger partial charge in [0.1, 0.15) is 0 Å². The van der Waals surface area contributed by atoms with Gasteiger partial charge in [0.05, 0.1) is 25.9 Å². The zero-order valence-electron chi connectivity index (χ0n) is 10.3. The van der Waals surface area contributed by atoms with E-state index in [2.05, 4.69) is 4.90 Å². The van der Waals surface area contributed by atoms with Gasteiger partial charge in [0, 0.05) is 26.2 Å². The first kappa shape index (κ1) is 13.4. The molecule has 0 bridgehead atoms. The predicted molar refractivity (Wildman–Crippen MR) is 61.2 cm³/mol. The van der Waals surface area contributed by atoms with Crippen LogP contribution in [0.5, 0.6) is 0 Å². The molecule has 2 unspecified atom stereocenters. The number of ether oxygens (including phenoxy) is 1. The normalized spacial score (nSPS) is 26.8. The summed E-state index contributed by atoms with van der Waals surface area (Å²) < 4.78 is 5.42. The SMILES string of the molecule is CCN(C)C(=O)CN1CC(CO)OCC1C. The lowest BCUT2D eigenvalue weighted by atomic mass is 10.2. The number of aliphatic hydroxyl groups is 1. The van der Waals surface area contributed by atoms with Crippen molar-refractivity contribution in [1.82, 2.24) is 9.80 Å². The van der Waals surface area contributed by atoms with Crippen LogP contribution in [0.15, 0.2) is 0 Å². The van der Waals surface area contributed by atoms with Gasteiger partial charge in [-0.2, -0.15) is 0 Å². The highest BCUT2D eigenvalue weighted by atomic mass is 16.5. The monoisotopic (exact) mass is 230 g/mol. The first-order valence-corrected chi connectivity index (χ1v) is 5.79. The van der Waals surface area contributed by atoms with Crippen molar-refractivity contribution >= 4 is 5.91 Å². The summed E-state index contributed by atoms with van der Waals surface area (Å²) in [6, 6.07) is 0.233. The molecule has 16 heavy (non-hydrogen) atoms. The van der Waals surface area contributed by atoms with Crippen LogP contribution in [0.1, 0.15) is 13.8 Å². The second-order valence-corrected chi connectivity index (χ2v) is 4.32. The Labute approximate surface area is 97.0 Å². The van der Waals surface area contributed by atoms with Gasteiger partial charge in [0.15, 0.2) is 0 Å². The fraction of sp³-hybridized carbons (Fsp3) is 0.909. The van der Waals surface area contributed by atoms with E-state index in [1.54, 1.807) is 11.9 Å². The van der Waals surface area contributed by atoms with E-state index in [0.717, 1.165) is 6.54 Å². The van der Waals surface area contributed by atoms with Gasteiger partial charge in [-0.15, -0.1) is 0 Å². The number of likely N-dealkylation sites (N-methyl/N-ethyl adjacent to an activating group) is 1. The van der Waals surface area contributed by atoms with E-state index < -0.39 is 0 Å². The van der Waals surface area contributed by atoms with E-state index in [0.29, 0.717) is 19.7 Å². The number of hydrogen-bond acceptors (Lipinski definition) is 4. The largest absolute Gasteiger partial charge is 0.394 e. The zero-order valence-corrected chi connectivity index (χ0v) is 10.3. The smallest absolute Gasteiger partial charge is 0.236 e. The third kappa shape index (κ3) is 3.43. The molecule has 1 aliphatic rings. The van der Waals surface area contributed by atoms with E-state index in [4.69, 9.17) is 9.84 Å². The van der Waals surface area contributed by atoms with E-state index in [9.17, 15) is 4.79 Å². The number of carbonyl (C=O) groups is 1. The lowest BCUT2D eigenvalue weighted by molar-refractivity contribution is -0.135. The average Bonchev–Trinajstić information content (AvgIpc) is 2.30. The van der Waals surface area contributed by atoms with E-state index in [1.807, 2.05) is 13.8 Å². The number of amides is 1. The van der Waals surface area contributed by atoms with Gasteiger partial charge >= 0.3 is 0 Å². The summed E-state index contributed by atoms with van der Waals surface area (Å²) in [5.41, 5.74) is 0. The molecular formula is C11H22N2O3. The minimum Gasteiger partial charge on any atom is -0.394 e. The average molecular weight is 230 g/mol. The first-order valence-electron chi connectivity index (χ1n) is 5.79. The third-order valence-electron chi connectivity index (χ3n) is 3.08. The Morgan fingerprint density at radius 3 is 2.88 bits per heavy atom. The minimum absolute atomic E-state index is 0.0149. The molecule has 1 aliphatic heterocycles. The maximum atomic E-state index is 11.8. The highest BCUT2D eigenvalue weighted by Gasteiger charge is 2.27. The van der Waals surface area contributed by atoms with Crippen molar-refractivity contribution in [2.75, 3.05) is 39.9 Å². The van der Waals surface area contributed by atoms with E-state index in [-0.39, 0.29) is 24.7 Å². The number of aliphatic hydroxyl groups excluding tert-OH is 1. The van der Waals surface area contributed by atoms with E-state index >= 15 is 0 Å². The molecule has 0 saturated carbocycles. The molecule has 1 amide bonds. The number of carbonyl (C=O) groups excluding carboxylic acids is 1. The Morgan fingerprint density at radius 2 is 2.31 bits per heavy atom. The Bertz CT molecular complexity index is 235. The summed E-state index contributed by atoms with van der Waals surface area (Å²) in [5, 5.41) is 9.04. The van der Waals surface area contributed by atoms with Crippen molar-refractivity contribution in [1.29, 1.82) is 0 Å². The Morgan fingerprint density at radius 1 is 1.62 bits per heavy atom. The standard InChI is InChI=1S/C11H22N2O3/c1-4-12(3)11(15)6-13-5-10(7-14)16-8-9(13)2/h9-10,14H,4-8H2,1-3H3. The number of hydrogen-bond donors (Lipinski definition) is 1. The van der Waals surface area contributed by atoms with Crippen LogP contribution in [-0.4, -0.2) is 72.9 Å². The fourth-order valence-corrected chi connectivity index (χ4v) is 1.68. The van der Waals surface area contributed by atoms with Gasteiger partial charge in [-0.05, 0) is 13.8 Å². The van der Waals surface area contributed by atoms with Gasteiger partial charge in [-0.1, -0.05) is 0 Å². The topological polar surface area (TPSA) is 53.0 Å². The van der Waals surface area contributed by atoms with Crippen LogP contribution in [0.2, 0.25) is 0 Å². The van der Waals surface area contributed by atoms with Gasteiger partial charge in [0.25, 0.3) is 0 Å². The minimum atomic E-state index is -0.157. The summed E-state index contributed by atoms with van der Waals surface area (Å²) in [6.45, 7) is 6.34. The molecule has 1 fully saturated rings. The van der Waals surface area contributed by atoms with E-state index in [1.165, 1.54) is 0 Å². The summed E-state index contributed by atoms with van der Waals surface area (Å²) in [4.78, 5) is 15.5. The molecule has 1 rings (SSSR count). The van der Waals surface area contributed by atoms with Crippen molar-refractivity contribution in [3.8, 4) is 0 Å². The molecule has 0 aromatic carbocycles. The number of morpholine rings is 1. The van der Waals surface area contributed by atoms with Crippen LogP contribution in [0, 0.1) is 0 Å². The molecule has 94 valence electrons. The van der Waals surface area contributed by atoms with Crippen LogP contribution in [-0.2, 0) is 9.53 Å². The van der Waals surface area contributed by atoms with Gasteiger partial charge < -0.3 is 14.7 Å². The highest BCUT2D eigenvalue weighted by Crippen LogP contribution is 2.11. The summed E-state index contributed by atoms with van der Waals surface area (Å²) in [7, 11) is 1.80. The molecule has 0 aliphatic carbocycles. The molecule has 1 saturated heterocycles. The molecule has 0 aromatic heterocycles. The highest BCUT2D eigenvalue weighted by molar-refractivity contribution is 5.77. The molecule has 0 spiro atoms. The number of rotatable bonds is 4. The van der Waals surface area contributed by atoms with Crippen molar-refractivity contribution in [2.24, 2.45) is 0 Å². The van der Waals surface area contributed by atoms with Crippen LogP contribution in [0.3, 0.4) is 0 Å². The third-order valence-corrected chi connectivity index (χ3v) is 3.08. The maximum Gasteiger partial charge on any atom is 0.236 e. The van der Waals surface area contributed by atoms with Crippen molar-refractivity contribution < 1.29 is 14.6 Å². The lowest BCUT2D eigenvalue weighted by Crippen LogP contribution is -2.52. The van der Waals surface area contributed by atoms with Crippen molar-refractivity contribution in [3.05, 3.63) is 0 Å². The van der Waals surface area contributed by atoms with Crippen molar-refractivity contribution in [2.45, 2.75) is 26.0 Å².